The molecule has 2 aromatic carbocycles. The molecule has 142 valence electrons. The van der Waals surface area contributed by atoms with Crippen LogP contribution in [0.3, 0.4) is 0 Å². The zero-order chi connectivity index (χ0) is 20.1. The van der Waals surface area contributed by atoms with E-state index in [9.17, 15) is 19.7 Å². The van der Waals surface area contributed by atoms with Crippen LogP contribution in [0.4, 0.5) is 16.2 Å². The van der Waals surface area contributed by atoms with Gasteiger partial charge in [-0.15, -0.1) is 0 Å². The topological polar surface area (TPSA) is 102 Å². The highest BCUT2D eigenvalue weighted by Gasteiger charge is 2.23. The minimum Gasteiger partial charge on any atom is -0.447 e. The van der Waals surface area contributed by atoms with E-state index in [2.05, 4.69) is 17.2 Å². The summed E-state index contributed by atoms with van der Waals surface area (Å²) in [5, 5.41) is 13.6. The Morgan fingerprint density at radius 1 is 1.29 bits per heavy atom. The van der Waals surface area contributed by atoms with Gasteiger partial charge in [-0.05, 0) is 37.3 Å². The van der Waals surface area contributed by atoms with Crippen molar-refractivity contribution in [3.63, 3.8) is 0 Å². The third-order valence-corrected chi connectivity index (χ3v) is 4.26. The number of hydrogen-bond donors (Lipinski definition) is 1. The molecule has 0 saturated carbocycles. The van der Waals surface area contributed by atoms with Crippen LogP contribution in [-0.2, 0) is 4.74 Å². The molecule has 3 rings (SSSR count). The number of amides is 2. The maximum atomic E-state index is 12.2. The number of anilines is 1. The van der Waals surface area contributed by atoms with Crippen molar-refractivity contribution in [2.24, 2.45) is 0 Å². The Labute approximate surface area is 161 Å². The van der Waals surface area contributed by atoms with E-state index in [1.807, 2.05) is 0 Å². The highest BCUT2D eigenvalue weighted by atomic mass is 16.6. The summed E-state index contributed by atoms with van der Waals surface area (Å²) in [5.41, 5.74) is 1.94. The highest BCUT2D eigenvalue weighted by Crippen LogP contribution is 2.21. The number of nitro benzene ring substituents is 1. The summed E-state index contributed by atoms with van der Waals surface area (Å²) >= 11 is 0. The van der Waals surface area contributed by atoms with Gasteiger partial charge in [0, 0.05) is 28.4 Å². The molecule has 1 saturated heterocycles. The van der Waals surface area contributed by atoms with E-state index in [4.69, 9.17) is 4.74 Å². The lowest BCUT2D eigenvalue weighted by atomic mass is 10.1. The van der Waals surface area contributed by atoms with Crippen LogP contribution in [-0.4, -0.2) is 36.6 Å². The molecule has 0 unspecified atom stereocenters. The van der Waals surface area contributed by atoms with Crippen LogP contribution in [0.1, 0.15) is 21.5 Å². The molecule has 1 aliphatic rings. The van der Waals surface area contributed by atoms with Crippen molar-refractivity contribution in [1.82, 2.24) is 5.32 Å². The molecule has 8 nitrogen and oxygen atoms in total. The number of nitro groups is 1. The lowest BCUT2D eigenvalue weighted by Crippen LogP contribution is -2.24. The Morgan fingerprint density at radius 2 is 2.04 bits per heavy atom. The van der Waals surface area contributed by atoms with Gasteiger partial charge in [-0.25, -0.2) is 4.79 Å². The molecule has 2 aromatic rings. The fourth-order valence-electron chi connectivity index (χ4n) is 2.79. The molecule has 1 N–H and O–H groups in total. The first-order valence-electron chi connectivity index (χ1n) is 8.53. The molecular weight excluding hydrogens is 362 g/mol. The van der Waals surface area contributed by atoms with Gasteiger partial charge < -0.3 is 10.1 Å². The number of nitrogens with zero attached hydrogens (tertiary/aromatic N) is 2. The summed E-state index contributed by atoms with van der Waals surface area (Å²) in [5.74, 6) is 5.33. The summed E-state index contributed by atoms with van der Waals surface area (Å²) in [6.45, 7) is 2.54. The van der Waals surface area contributed by atoms with Crippen LogP contribution in [0.25, 0.3) is 0 Å². The van der Waals surface area contributed by atoms with Gasteiger partial charge in [-0.2, -0.15) is 0 Å². The second-order valence-corrected chi connectivity index (χ2v) is 6.00. The third-order valence-electron chi connectivity index (χ3n) is 4.26. The zero-order valence-electron chi connectivity index (χ0n) is 15.1. The van der Waals surface area contributed by atoms with E-state index >= 15 is 0 Å². The van der Waals surface area contributed by atoms with Crippen molar-refractivity contribution in [2.45, 2.75) is 6.92 Å². The van der Waals surface area contributed by atoms with Crippen LogP contribution in [0.2, 0.25) is 0 Å². The van der Waals surface area contributed by atoms with E-state index < -0.39 is 10.8 Å². The van der Waals surface area contributed by atoms with E-state index in [1.165, 1.54) is 25.1 Å². The first-order valence-corrected chi connectivity index (χ1v) is 8.53. The van der Waals surface area contributed by atoms with Gasteiger partial charge in [0.1, 0.15) is 6.61 Å². The maximum absolute atomic E-state index is 12.2. The average molecular weight is 379 g/mol. The summed E-state index contributed by atoms with van der Waals surface area (Å²) < 4.78 is 4.90. The van der Waals surface area contributed by atoms with E-state index in [0.717, 1.165) is 11.3 Å². The molecule has 0 aromatic heterocycles. The van der Waals surface area contributed by atoms with Crippen molar-refractivity contribution in [3.8, 4) is 11.8 Å². The Kier molecular flexibility index (Phi) is 5.56. The van der Waals surface area contributed by atoms with Gasteiger partial charge in [0.25, 0.3) is 11.6 Å². The summed E-state index contributed by atoms with van der Waals surface area (Å²) in [6.07, 6.45) is -0.363. The largest absolute Gasteiger partial charge is 0.447 e. The molecular formula is C20H17N3O5. The minimum atomic E-state index is -0.516. The van der Waals surface area contributed by atoms with Crippen LogP contribution in [0.15, 0.2) is 42.5 Å². The summed E-state index contributed by atoms with van der Waals surface area (Å²) in [7, 11) is 0. The fraction of sp³-hybridized carbons (Fsp3) is 0.200. The molecule has 0 radical (unpaired) electrons. The predicted molar refractivity (Wildman–Crippen MR) is 102 cm³/mol. The molecule has 0 atom stereocenters. The number of nitrogens with one attached hydrogen (secondary N) is 1. The van der Waals surface area contributed by atoms with Gasteiger partial charge in [-0.3, -0.25) is 19.8 Å². The number of benzene rings is 2. The van der Waals surface area contributed by atoms with Gasteiger partial charge in [0.15, 0.2) is 0 Å². The van der Waals surface area contributed by atoms with E-state index in [0.29, 0.717) is 18.7 Å². The molecule has 2 amide bonds. The molecule has 0 aliphatic carbocycles. The van der Waals surface area contributed by atoms with Crippen molar-refractivity contribution in [1.29, 1.82) is 0 Å². The lowest BCUT2D eigenvalue weighted by Gasteiger charge is -2.11. The normalized spacial score (nSPS) is 12.8. The molecule has 1 heterocycles. The lowest BCUT2D eigenvalue weighted by molar-refractivity contribution is -0.385. The van der Waals surface area contributed by atoms with Gasteiger partial charge in [0.05, 0.1) is 18.0 Å². The number of carbonyl (C=O) groups is 2. The van der Waals surface area contributed by atoms with Gasteiger partial charge in [0.2, 0.25) is 0 Å². The maximum Gasteiger partial charge on any atom is 0.414 e. The van der Waals surface area contributed by atoms with Gasteiger partial charge >= 0.3 is 6.09 Å². The van der Waals surface area contributed by atoms with Crippen molar-refractivity contribution >= 4 is 23.4 Å². The molecule has 0 spiro atoms. The molecule has 0 bridgehead atoms. The predicted octanol–water partition coefficient (Wildman–Crippen LogP) is 2.64. The molecule has 1 fully saturated rings. The Bertz CT molecular complexity index is 989. The highest BCUT2D eigenvalue weighted by molar-refractivity contribution is 5.96. The molecule has 1 aliphatic heterocycles. The number of hydrogen-bond acceptors (Lipinski definition) is 5. The zero-order valence-corrected chi connectivity index (χ0v) is 15.1. The van der Waals surface area contributed by atoms with E-state index in [-0.39, 0.29) is 23.9 Å². The number of rotatable bonds is 4. The molecule has 28 heavy (non-hydrogen) atoms. The number of carbonyl (C=O) groups excluding carboxylic acids is 2. The second-order valence-electron chi connectivity index (χ2n) is 6.00. The summed E-state index contributed by atoms with van der Waals surface area (Å²) in [4.78, 5) is 35.7. The monoisotopic (exact) mass is 379 g/mol. The SMILES string of the molecule is Cc1c(C(=O)NCC#Cc2ccc(N3CCOC3=O)cc2)cccc1[N+](=O)[O-]. The second kappa shape index (κ2) is 8.22. The quantitative estimate of drug-likeness (QED) is 0.500. The van der Waals surface area contributed by atoms with Crippen molar-refractivity contribution in [2.75, 3.05) is 24.6 Å². The number of cyclic esters (lactones) is 1. The van der Waals surface area contributed by atoms with Crippen LogP contribution >= 0.6 is 0 Å². The average Bonchev–Trinajstić information content (AvgIpc) is 3.11. The fourth-order valence-corrected chi connectivity index (χ4v) is 2.79. The Hall–Kier alpha value is -3.86. The van der Waals surface area contributed by atoms with Crippen LogP contribution in [0, 0.1) is 28.9 Å². The summed E-state index contributed by atoms with van der Waals surface area (Å²) in [6, 6.07) is 11.5. The Balaban J connectivity index is 1.59. The first-order chi connectivity index (χ1) is 13.5. The van der Waals surface area contributed by atoms with E-state index in [1.54, 1.807) is 29.2 Å². The molecule has 8 heteroatoms. The first kappa shape index (κ1) is 18.9. The van der Waals surface area contributed by atoms with Crippen molar-refractivity contribution in [3.05, 3.63) is 69.3 Å². The minimum absolute atomic E-state index is 0.0966. The van der Waals surface area contributed by atoms with Crippen LogP contribution in [0.5, 0.6) is 0 Å². The third kappa shape index (κ3) is 4.10. The standard InChI is InChI=1S/C20H17N3O5/c1-14-17(5-2-6-18(14)23(26)27)19(24)21-11-3-4-15-7-9-16(10-8-15)22-12-13-28-20(22)25/h2,5-10H,11-13H2,1H3,(H,21,24). The number of ether oxygens (including phenoxy) is 1. The Morgan fingerprint density at radius 3 is 2.68 bits per heavy atom. The van der Waals surface area contributed by atoms with Crippen molar-refractivity contribution < 1.29 is 19.2 Å². The smallest absolute Gasteiger partial charge is 0.414 e. The van der Waals surface area contributed by atoms with Crippen LogP contribution < -0.4 is 10.2 Å². The van der Waals surface area contributed by atoms with Gasteiger partial charge in [-0.1, -0.05) is 17.9 Å².